The van der Waals surface area contributed by atoms with Crippen LogP contribution in [0.4, 0.5) is 23.2 Å². The van der Waals surface area contributed by atoms with Crippen LogP contribution >= 0.6 is 0 Å². The minimum absolute atomic E-state index is 0.0480. The predicted molar refractivity (Wildman–Crippen MR) is 92.3 cm³/mol. The van der Waals surface area contributed by atoms with Crippen LogP contribution < -0.4 is 10.1 Å². The van der Waals surface area contributed by atoms with Gasteiger partial charge in [-0.1, -0.05) is 6.07 Å². The quantitative estimate of drug-likeness (QED) is 0.789. The number of nitrogens with zero attached hydrogens (tertiary/aromatic N) is 1. The van der Waals surface area contributed by atoms with Crippen molar-refractivity contribution in [2.45, 2.75) is 25.1 Å². The Hall–Kier alpha value is -3.10. The van der Waals surface area contributed by atoms with E-state index >= 15 is 0 Å². The van der Waals surface area contributed by atoms with Crippen LogP contribution in [0.3, 0.4) is 0 Å². The highest BCUT2D eigenvalue weighted by Crippen LogP contribution is 2.33. The molecule has 2 aromatic rings. The molecular formula is C19H16F4N2O3. The molecule has 5 nitrogen and oxygen atoms in total. The summed E-state index contributed by atoms with van der Waals surface area (Å²) in [5.74, 6) is -1.51. The molecule has 2 amide bonds. The molecule has 1 N–H and O–H groups in total. The van der Waals surface area contributed by atoms with Gasteiger partial charge in [-0.25, -0.2) is 4.39 Å². The van der Waals surface area contributed by atoms with Gasteiger partial charge in [-0.2, -0.15) is 13.2 Å². The Morgan fingerprint density at radius 2 is 1.89 bits per heavy atom. The van der Waals surface area contributed by atoms with Crippen molar-refractivity contribution < 1.29 is 31.9 Å². The summed E-state index contributed by atoms with van der Waals surface area (Å²) in [6, 6.07) is 6.97. The van der Waals surface area contributed by atoms with Crippen LogP contribution in [0.1, 0.15) is 18.4 Å². The fourth-order valence-electron chi connectivity index (χ4n) is 2.86. The first-order chi connectivity index (χ1) is 13.1. The molecule has 0 aliphatic carbocycles. The topological polar surface area (TPSA) is 58.6 Å². The number of halogens is 4. The maximum Gasteiger partial charge on any atom is 0.416 e. The zero-order valence-electron chi connectivity index (χ0n) is 14.7. The van der Waals surface area contributed by atoms with Gasteiger partial charge in [0.1, 0.15) is 23.4 Å². The van der Waals surface area contributed by atoms with Crippen LogP contribution in [0.5, 0.6) is 11.5 Å². The van der Waals surface area contributed by atoms with Crippen LogP contribution in [0.2, 0.25) is 0 Å². The minimum Gasteiger partial charge on any atom is -0.457 e. The molecule has 1 fully saturated rings. The van der Waals surface area contributed by atoms with Gasteiger partial charge in [-0.3, -0.25) is 9.59 Å². The molecule has 1 saturated heterocycles. The Morgan fingerprint density at radius 3 is 2.54 bits per heavy atom. The maximum absolute atomic E-state index is 14.1. The third-order valence-corrected chi connectivity index (χ3v) is 4.39. The second-order valence-electron chi connectivity index (χ2n) is 6.32. The summed E-state index contributed by atoms with van der Waals surface area (Å²) >= 11 is 0. The zero-order chi connectivity index (χ0) is 20.5. The number of benzene rings is 2. The highest BCUT2D eigenvalue weighted by Gasteiger charge is 2.33. The van der Waals surface area contributed by atoms with Crippen molar-refractivity contribution in [3.05, 3.63) is 53.8 Å². The molecule has 2 aromatic carbocycles. The number of amides is 2. The average Bonchev–Trinajstić information content (AvgIpc) is 2.96. The van der Waals surface area contributed by atoms with Crippen LogP contribution in [0.15, 0.2) is 42.5 Å². The lowest BCUT2D eigenvalue weighted by molar-refractivity contribution is -0.137. The number of nitrogens with one attached hydrogen (secondary N) is 1. The molecule has 0 saturated carbocycles. The fourth-order valence-corrected chi connectivity index (χ4v) is 2.86. The van der Waals surface area contributed by atoms with E-state index in [0.717, 1.165) is 18.2 Å². The van der Waals surface area contributed by atoms with E-state index in [1.807, 2.05) is 0 Å². The molecule has 3 rings (SSSR count). The van der Waals surface area contributed by atoms with Crippen molar-refractivity contribution in [3.8, 4) is 11.5 Å². The summed E-state index contributed by atoms with van der Waals surface area (Å²) in [5, 5.41) is 2.40. The van der Waals surface area contributed by atoms with Gasteiger partial charge < -0.3 is 15.0 Å². The van der Waals surface area contributed by atoms with Crippen molar-refractivity contribution in [2.75, 3.05) is 12.4 Å². The van der Waals surface area contributed by atoms with Crippen LogP contribution in [-0.2, 0) is 15.8 Å². The monoisotopic (exact) mass is 396 g/mol. The van der Waals surface area contributed by atoms with Crippen LogP contribution in [0.25, 0.3) is 0 Å². The third-order valence-electron chi connectivity index (χ3n) is 4.39. The standard InChI is InChI=1S/C19H16F4N2O3/c1-25-16(7-8-17(25)26)18(27)24-15-10-13(5-6-14(15)20)28-12-4-2-3-11(9-12)19(21,22)23/h2-6,9-10,16H,7-8H2,1H3,(H,24,27). The molecule has 0 radical (unpaired) electrons. The molecule has 1 atom stereocenters. The molecule has 1 unspecified atom stereocenters. The molecule has 148 valence electrons. The summed E-state index contributed by atoms with van der Waals surface area (Å²) in [6.07, 6.45) is -3.97. The van der Waals surface area contributed by atoms with Gasteiger partial charge in [0.05, 0.1) is 11.3 Å². The van der Waals surface area contributed by atoms with E-state index in [-0.39, 0.29) is 29.5 Å². The van der Waals surface area contributed by atoms with Gasteiger partial charge in [0.25, 0.3) is 0 Å². The number of alkyl halides is 3. The van der Waals surface area contributed by atoms with E-state index in [1.54, 1.807) is 0 Å². The first-order valence-corrected chi connectivity index (χ1v) is 8.36. The van der Waals surface area contributed by atoms with E-state index in [4.69, 9.17) is 4.74 Å². The van der Waals surface area contributed by atoms with Crippen molar-refractivity contribution >= 4 is 17.5 Å². The summed E-state index contributed by atoms with van der Waals surface area (Å²) in [6.45, 7) is 0. The SMILES string of the molecule is CN1C(=O)CCC1C(=O)Nc1cc(Oc2cccc(C(F)(F)F)c2)ccc1F. The highest BCUT2D eigenvalue weighted by atomic mass is 19.4. The number of carbonyl (C=O) groups is 2. The second kappa shape index (κ2) is 7.49. The number of likely N-dealkylation sites (N-methyl/N-ethyl adjacent to an activating group) is 1. The smallest absolute Gasteiger partial charge is 0.416 e. The van der Waals surface area contributed by atoms with E-state index in [2.05, 4.69) is 5.32 Å². The molecule has 0 spiro atoms. The molecule has 9 heteroatoms. The summed E-state index contributed by atoms with van der Waals surface area (Å²) in [4.78, 5) is 25.1. The lowest BCUT2D eigenvalue weighted by Gasteiger charge is -2.19. The molecule has 1 aliphatic heterocycles. The normalized spacial score (nSPS) is 17.0. The van der Waals surface area contributed by atoms with E-state index in [1.165, 1.54) is 36.2 Å². The molecular weight excluding hydrogens is 380 g/mol. The Balaban J connectivity index is 1.77. The Kier molecular flexibility index (Phi) is 5.26. The van der Waals surface area contributed by atoms with Gasteiger partial charge in [-0.05, 0) is 36.8 Å². The zero-order valence-corrected chi connectivity index (χ0v) is 14.7. The van der Waals surface area contributed by atoms with Crippen molar-refractivity contribution in [1.29, 1.82) is 0 Å². The number of hydrogen-bond acceptors (Lipinski definition) is 3. The van der Waals surface area contributed by atoms with Crippen molar-refractivity contribution in [2.24, 2.45) is 0 Å². The van der Waals surface area contributed by atoms with Crippen molar-refractivity contribution in [3.63, 3.8) is 0 Å². The number of carbonyl (C=O) groups excluding carboxylic acids is 2. The van der Waals surface area contributed by atoms with Crippen molar-refractivity contribution in [1.82, 2.24) is 4.90 Å². The van der Waals surface area contributed by atoms with E-state index in [9.17, 15) is 27.2 Å². The van der Waals surface area contributed by atoms with Gasteiger partial charge >= 0.3 is 6.18 Å². The molecule has 28 heavy (non-hydrogen) atoms. The lowest BCUT2D eigenvalue weighted by Crippen LogP contribution is -2.39. The average molecular weight is 396 g/mol. The van der Waals surface area contributed by atoms with Crippen LogP contribution in [-0.4, -0.2) is 29.8 Å². The highest BCUT2D eigenvalue weighted by molar-refractivity contribution is 5.99. The first-order valence-electron chi connectivity index (χ1n) is 8.36. The number of ether oxygens (including phenoxy) is 1. The number of rotatable bonds is 4. The molecule has 1 aliphatic rings. The fraction of sp³-hybridized carbons (Fsp3) is 0.263. The second-order valence-corrected chi connectivity index (χ2v) is 6.32. The Labute approximate surface area is 157 Å². The molecule has 1 heterocycles. The third kappa shape index (κ3) is 4.24. The minimum atomic E-state index is -4.52. The van der Waals surface area contributed by atoms with E-state index in [0.29, 0.717) is 6.42 Å². The lowest BCUT2D eigenvalue weighted by atomic mass is 10.2. The summed E-state index contributed by atoms with van der Waals surface area (Å²) in [7, 11) is 1.49. The number of anilines is 1. The maximum atomic E-state index is 14.1. The van der Waals surface area contributed by atoms with Gasteiger partial charge in [0, 0.05) is 19.5 Å². The summed E-state index contributed by atoms with van der Waals surface area (Å²) < 4.78 is 57.8. The Bertz CT molecular complexity index is 914. The number of likely N-dealkylation sites (tertiary alicyclic amines) is 1. The van der Waals surface area contributed by atoms with Gasteiger partial charge in [0.2, 0.25) is 11.8 Å². The van der Waals surface area contributed by atoms with Gasteiger partial charge in [0.15, 0.2) is 0 Å². The summed E-state index contributed by atoms with van der Waals surface area (Å²) in [5.41, 5.74) is -1.07. The first kappa shape index (κ1) is 19.7. The number of hydrogen-bond donors (Lipinski definition) is 1. The predicted octanol–water partition coefficient (Wildman–Crippen LogP) is 4.20. The Morgan fingerprint density at radius 1 is 1.18 bits per heavy atom. The van der Waals surface area contributed by atoms with Crippen LogP contribution in [0, 0.1) is 5.82 Å². The largest absolute Gasteiger partial charge is 0.457 e. The molecule has 0 bridgehead atoms. The van der Waals surface area contributed by atoms with E-state index < -0.39 is 29.5 Å². The molecule has 0 aromatic heterocycles. The van der Waals surface area contributed by atoms with Gasteiger partial charge in [-0.15, -0.1) is 0 Å².